The summed E-state index contributed by atoms with van der Waals surface area (Å²) < 4.78 is 2.59. The van der Waals surface area contributed by atoms with Crippen molar-refractivity contribution < 1.29 is 4.79 Å². The Bertz CT molecular complexity index is 1340. The molecule has 0 aliphatic carbocycles. The number of carbonyl (C=O) groups excluding carboxylic acids is 1. The molecule has 1 amide bonds. The average molecular weight is 448 g/mol. The summed E-state index contributed by atoms with van der Waals surface area (Å²) in [5.74, 6) is 0.102. The highest BCUT2D eigenvalue weighted by Gasteiger charge is 2.16. The predicted octanol–water partition coefficient (Wildman–Crippen LogP) is 4.42. The Kier molecular flexibility index (Phi) is 6.14. The summed E-state index contributed by atoms with van der Waals surface area (Å²) in [6.07, 6.45) is 3.14. The lowest BCUT2D eigenvalue weighted by atomic mass is 10.0. The van der Waals surface area contributed by atoms with Gasteiger partial charge in [-0.05, 0) is 49.1 Å². The Morgan fingerprint density at radius 1 is 1.12 bits per heavy atom. The normalized spacial score (nSPS) is 11.3. The fourth-order valence-electron chi connectivity index (χ4n) is 3.41. The Balaban J connectivity index is 1.56. The SMILES string of the molecule is Cc1ccc(Sc2nccn3c(=O)n(CC(=O)Nc4ccc(C(C)C)cc4)nc23)c(C)c1. The second-order valence-electron chi connectivity index (χ2n) is 8.06. The molecule has 8 heteroatoms. The van der Waals surface area contributed by atoms with Gasteiger partial charge in [-0.1, -0.05) is 55.4 Å². The zero-order chi connectivity index (χ0) is 22.8. The number of fused-ring (bicyclic) bond motifs is 1. The maximum Gasteiger partial charge on any atom is 0.350 e. The highest BCUT2D eigenvalue weighted by Crippen LogP contribution is 2.31. The number of hydrogen-bond donors (Lipinski definition) is 1. The number of nitrogens with one attached hydrogen (secondary N) is 1. The van der Waals surface area contributed by atoms with Crippen molar-refractivity contribution in [1.29, 1.82) is 0 Å². The zero-order valence-corrected chi connectivity index (χ0v) is 19.3. The summed E-state index contributed by atoms with van der Waals surface area (Å²) in [7, 11) is 0. The van der Waals surface area contributed by atoms with E-state index in [-0.39, 0.29) is 18.1 Å². The summed E-state index contributed by atoms with van der Waals surface area (Å²) >= 11 is 1.45. The van der Waals surface area contributed by atoms with E-state index in [1.807, 2.05) is 50.2 Å². The standard InChI is InChI=1S/C24H25N5O2S/c1-15(2)18-6-8-19(9-7-18)26-21(30)14-29-24(31)28-12-11-25-23(22(28)27-29)32-20-10-5-16(3)13-17(20)4/h5-13,15H,14H2,1-4H3,(H,26,30). The average Bonchev–Trinajstić information content (AvgIpc) is 3.07. The molecule has 0 unspecified atom stereocenters. The predicted molar refractivity (Wildman–Crippen MR) is 126 cm³/mol. The maximum absolute atomic E-state index is 12.8. The van der Waals surface area contributed by atoms with Crippen molar-refractivity contribution in [3.63, 3.8) is 0 Å². The lowest BCUT2D eigenvalue weighted by molar-refractivity contribution is -0.117. The number of anilines is 1. The third-order valence-electron chi connectivity index (χ3n) is 5.16. The molecule has 0 bridgehead atoms. The molecule has 32 heavy (non-hydrogen) atoms. The van der Waals surface area contributed by atoms with Crippen molar-refractivity contribution in [3.05, 3.63) is 82.0 Å². The molecular formula is C24H25N5O2S. The minimum absolute atomic E-state index is 0.180. The van der Waals surface area contributed by atoms with Crippen LogP contribution in [0.4, 0.5) is 5.69 Å². The molecule has 0 aliphatic heterocycles. The Morgan fingerprint density at radius 3 is 2.56 bits per heavy atom. The maximum atomic E-state index is 12.8. The van der Waals surface area contributed by atoms with Gasteiger partial charge < -0.3 is 5.32 Å². The Morgan fingerprint density at radius 2 is 1.88 bits per heavy atom. The van der Waals surface area contributed by atoms with Gasteiger partial charge in [0.25, 0.3) is 0 Å². The van der Waals surface area contributed by atoms with Crippen LogP contribution in [-0.2, 0) is 11.3 Å². The largest absolute Gasteiger partial charge is 0.350 e. The fraction of sp³-hybridized carbons (Fsp3) is 0.250. The molecule has 0 fully saturated rings. The van der Waals surface area contributed by atoms with Crippen molar-refractivity contribution in [3.8, 4) is 0 Å². The summed E-state index contributed by atoms with van der Waals surface area (Å²) in [6, 6.07) is 13.9. The summed E-state index contributed by atoms with van der Waals surface area (Å²) in [5.41, 5.74) is 4.24. The number of nitrogens with zero attached hydrogens (tertiary/aromatic N) is 4. The van der Waals surface area contributed by atoms with E-state index in [1.165, 1.54) is 32.0 Å². The number of carbonyl (C=O) groups is 1. The number of benzene rings is 2. The van der Waals surface area contributed by atoms with Crippen LogP contribution < -0.4 is 11.0 Å². The van der Waals surface area contributed by atoms with E-state index in [2.05, 4.69) is 35.3 Å². The smallest absolute Gasteiger partial charge is 0.324 e. The van der Waals surface area contributed by atoms with Crippen LogP contribution >= 0.6 is 11.8 Å². The van der Waals surface area contributed by atoms with E-state index >= 15 is 0 Å². The molecule has 0 saturated heterocycles. The second kappa shape index (κ2) is 9.00. The molecule has 0 radical (unpaired) electrons. The number of rotatable bonds is 6. The van der Waals surface area contributed by atoms with Gasteiger partial charge in [-0.3, -0.25) is 4.79 Å². The third kappa shape index (κ3) is 4.60. The van der Waals surface area contributed by atoms with E-state index in [9.17, 15) is 9.59 Å². The van der Waals surface area contributed by atoms with Gasteiger partial charge in [0.2, 0.25) is 5.91 Å². The minimum atomic E-state index is -0.379. The molecule has 2 aromatic heterocycles. The molecule has 7 nitrogen and oxygen atoms in total. The topological polar surface area (TPSA) is 81.3 Å². The summed E-state index contributed by atoms with van der Waals surface area (Å²) in [6.45, 7) is 8.14. The fourth-order valence-corrected chi connectivity index (χ4v) is 4.32. The second-order valence-corrected chi connectivity index (χ2v) is 9.09. The van der Waals surface area contributed by atoms with Crippen molar-refractivity contribution >= 4 is 29.0 Å². The van der Waals surface area contributed by atoms with Gasteiger partial charge >= 0.3 is 5.69 Å². The first-order valence-corrected chi connectivity index (χ1v) is 11.2. The third-order valence-corrected chi connectivity index (χ3v) is 6.32. The lowest BCUT2D eigenvalue weighted by Gasteiger charge is -2.08. The Labute approximate surface area is 190 Å². The number of aromatic nitrogens is 4. The van der Waals surface area contributed by atoms with Crippen molar-refractivity contribution in [2.75, 3.05) is 5.32 Å². The molecule has 4 aromatic rings. The first-order valence-electron chi connectivity index (χ1n) is 10.4. The molecule has 164 valence electrons. The van der Waals surface area contributed by atoms with Gasteiger partial charge in [0.15, 0.2) is 5.65 Å². The molecule has 1 N–H and O–H groups in total. The van der Waals surface area contributed by atoms with Crippen LogP contribution in [0, 0.1) is 13.8 Å². The quantitative estimate of drug-likeness (QED) is 0.473. The van der Waals surface area contributed by atoms with Gasteiger partial charge in [0.05, 0.1) is 0 Å². The van der Waals surface area contributed by atoms with Crippen LogP contribution in [0.2, 0.25) is 0 Å². The van der Waals surface area contributed by atoms with Gasteiger partial charge in [-0.2, -0.15) is 0 Å². The number of hydrogen-bond acceptors (Lipinski definition) is 5. The van der Waals surface area contributed by atoms with E-state index in [0.717, 1.165) is 10.5 Å². The van der Waals surface area contributed by atoms with Crippen molar-refractivity contribution in [2.24, 2.45) is 0 Å². The van der Waals surface area contributed by atoms with Gasteiger partial charge in [0.1, 0.15) is 11.6 Å². The van der Waals surface area contributed by atoms with Gasteiger partial charge in [-0.25, -0.2) is 18.9 Å². The summed E-state index contributed by atoms with van der Waals surface area (Å²) in [5, 5.41) is 7.84. The molecule has 0 spiro atoms. The van der Waals surface area contributed by atoms with Crippen LogP contribution in [0.3, 0.4) is 0 Å². The number of aryl methyl sites for hydroxylation is 2. The first kappa shape index (κ1) is 21.8. The highest BCUT2D eigenvalue weighted by atomic mass is 32.2. The van der Waals surface area contributed by atoms with Crippen LogP contribution in [0.25, 0.3) is 5.65 Å². The van der Waals surface area contributed by atoms with Crippen LogP contribution in [0.15, 0.2) is 69.6 Å². The van der Waals surface area contributed by atoms with E-state index in [0.29, 0.717) is 22.3 Å². The van der Waals surface area contributed by atoms with Gasteiger partial charge in [0, 0.05) is 23.0 Å². The zero-order valence-electron chi connectivity index (χ0n) is 18.5. The van der Waals surface area contributed by atoms with E-state index in [4.69, 9.17) is 0 Å². The van der Waals surface area contributed by atoms with Crippen LogP contribution in [-0.4, -0.2) is 25.1 Å². The van der Waals surface area contributed by atoms with Crippen molar-refractivity contribution in [2.45, 2.75) is 50.1 Å². The highest BCUT2D eigenvalue weighted by molar-refractivity contribution is 7.99. The van der Waals surface area contributed by atoms with E-state index < -0.39 is 0 Å². The molecule has 0 atom stereocenters. The van der Waals surface area contributed by atoms with Crippen LogP contribution in [0.5, 0.6) is 0 Å². The molecule has 0 aliphatic rings. The molecule has 0 saturated carbocycles. The van der Waals surface area contributed by atoms with Crippen molar-refractivity contribution in [1.82, 2.24) is 19.2 Å². The Hall–Kier alpha value is -3.39. The molecule has 2 heterocycles. The molecular weight excluding hydrogens is 422 g/mol. The minimum Gasteiger partial charge on any atom is -0.324 e. The number of amides is 1. The van der Waals surface area contributed by atoms with E-state index in [1.54, 1.807) is 12.4 Å². The molecule has 2 aromatic carbocycles. The lowest BCUT2D eigenvalue weighted by Crippen LogP contribution is -2.28. The first-order chi connectivity index (χ1) is 15.3. The van der Waals surface area contributed by atoms with Gasteiger partial charge in [-0.15, -0.1) is 5.10 Å². The summed E-state index contributed by atoms with van der Waals surface area (Å²) in [4.78, 5) is 30.8. The molecule has 4 rings (SSSR count). The van der Waals surface area contributed by atoms with Crippen LogP contribution in [0.1, 0.15) is 36.5 Å². The monoisotopic (exact) mass is 447 g/mol.